The van der Waals surface area contributed by atoms with Gasteiger partial charge in [-0.25, -0.2) is 4.98 Å². The highest BCUT2D eigenvalue weighted by Gasteiger charge is 2.61. The lowest BCUT2D eigenvalue weighted by atomic mass is 9.47. The van der Waals surface area contributed by atoms with Crippen LogP contribution in [-0.4, -0.2) is 39.8 Å². The topological polar surface area (TPSA) is 78.1 Å². The molecule has 2 amide bonds. The Morgan fingerprint density at radius 2 is 2.03 bits per heavy atom. The fraction of sp³-hybridized carbons (Fsp3) is 0.720. The van der Waals surface area contributed by atoms with Crippen LogP contribution >= 0.6 is 0 Å². The number of nitrogens with one attached hydrogen (secondary N) is 2. The Balaban J connectivity index is 1.35. The van der Waals surface area contributed by atoms with Gasteiger partial charge >= 0.3 is 0 Å². The minimum Gasteiger partial charge on any atom is -0.351 e. The van der Waals surface area contributed by atoms with Gasteiger partial charge in [0.25, 0.3) is 0 Å². The molecule has 0 saturated heterocycles. The van der Waals surface area contributed by atoms with Crippen molar-refractivity contribution in [3.8, 4) is 0 Å². The number of likely N-dealkylation sites (N-methyl/N-ethyl adjacent to an activating group) is 1. The Morgan fingerprint density at radius 3 is 2.77 bits per heavy atom. The van der Waals surface area contributed by atoms with Crippen LogP contribution in [0, 0.1) is 34.5 Å². The van der Waals surface area contributed by atoms with Gasteiger partial charge in [0.05, 0.1) is 18.1 Å². The van der Waals surface area contributed by atoms with Gasteiger partial charge in [-0.15, -0.1) is 0 Å². The average Bonchev–Trinajstić information content (AvgIpc) is 3.38. The Kier molecular flexibility index (Phi) is 4.83. The molecule has 6 heteroatoms. The third-order valence-electron chi connectivity index (χ3n) is 9.77. The van der Waals surface area contributed by atoms with Crippen molar-refractivity contribution in [2.75, 3.05) is 7.05 Å². The number of rotatable bonds is 3. The summed E-state index contributed by atoms with van der Waals surface area (Å²) < 4.78 is 0. The summed E-state index contributed by atoms with van der Waals surface area (Å²) in [5.74, 6) is 2.26. The molecule has 1 aromatic rings. The van der Waals surface area contributed by atoms with Crippen LogP contribution in [0.4, 0.5) is 0 Å². The van der Waals surface area contributed by atoms with Gasteiger partial charge in [-0.3, -0.25) is 9.59 Å². The van der Waals surface area contributed by atoms with Crippen molar-refractivity contribution in [3.63, 3.8) is 0 Å². The molecule has 6 nitrogen and oxygen atoms in total. The third-order valence-corrected chi connectivity index (χ3v) is 9.77. The number of amides is 2. The zero-order valence-corrected chi connectivity index (χ0v) is 19.2. The molecule has 3 saturated carbocycles. The van der Waals surface area contributed by atoms with Crippen LogP contribution in [0.25, 0.3) is 0 Å². The van der Waals surface area contributed by atoms with Gasteiger partial charge in [0, 0.05) is 30.6 Å². The predicted molar refractivity (Wildman–Crippen MR) is 119 cm³/mol. The van der Waals surface area contributed by atoms with Gasteiger partial charge in [-0.1, -0.05) is 19.9 Å². The van der Waals surface area contributed by atoms with Crippen molar-refractivity contribution >= 4 is 11.8 Å². The van der Waals surface area contributed by atoms with Gasteiger partial charge in [-0.05, 0) is 74.7 Å². The van der Waals surface area contributed by atoms with Crippen molar-refractivity contribution in [2.45, 2.75) is 71.4 Å². The number of aromatic nitrogens is 2. The molecule has 2 heterocycles. The van der Waals surface area contributed by atoms with Crippen molar-refractivity contribution in [1.82, 2.24) is 20.2 Å². The Bertz CT molecular complexity index is 895. The molecule has 8 atom stereocenters. The van der Waals surface area contributed by atoms with Crippen molar-refractivity contribution < 1.29 is 9.59 Å². The molecule has 0 radical (unpaired) electrons. The van der Waals surface area contributed by atoms with E-state index in [0.717, 1.165) is 37.8 Å². The van der Waals surface area contributed by atoms with Crippen LogP contribution in [0.15, 0.2) is 24.7 Å². The van der Waals surface area contributed by atoms with E-state index in [-0.39, 0.29) is 34.6 Å². The van der Waals surface area contributed by atoms with Crippen LogP contribution in [0.3, 0.4) is 0 Å². The van der Waals surface area contributed by atoms with Crippen LogP contribution < -0.4 is 5.32 Å². The zero-order valence-electron chi connectivity index (χ0n) is 19.2. The van der Waals surface area contributed by atoms with Crippen molar-refractivity contribution in [1.29, 1.82) is 0 Å². The smallest absolute Gasteiger partial charge is 0.246 e. The van der Waals surface area contributed by atoms with Crippen LogP contribution in [0.1, 0.15) is 71.0 Å². The first kappa shape index (κ1) is 20.8. The van der Waals surface area contributed by atoms with Gasteiger partial charge in [0.1, 0.15) is 0 Å². The summed E-state index contributed by atoms with van der Waals surface area (Å²) in [7, 11) is 1.97. The van der Waals surface area contributed by atoms with E-state index in [0.29, 0.717) is 23.8 Å². The molecular weight excluding hydrogens is 388 g/mol. The first-order valence-corrected chi connectivity index (χ1v) is 12.0. The van der Waals surface area contributed by atoms with Crippen LogP contribution in [0.2, 0.25) is 0 Å². The van der Waals surface area contributed by atoms with Crippen LogP contribution in [0.5, 0.6) is 0 Å². The fourth-order valence-electron chi connectivity index (χ4n) is 8.07. The predicted octanol–water partition coefficient (Wildman–Crippen LogP) is 3.84. The molecule has 5 rings (SSSR count). The standard InChI is InChI=1S/C25H36N4O2/c1-15(20-13-26-14-27-20)28-23(31)19-7-6-17-16-5-8-21-25(3,12-10-22(30)29(21)4)18(16)9-11-24(17,19)2/h10,12-19,21H,5-9,11H2,1-4H3,(H,26,27)(H,28,31)/t15?,16-,17-,18+,19?,21?,24-,25+/m0/s1. The normalized spacial score (nSPS) is 42.5. The SMILES string of the molecule is CC(NC(=O)C1CC[C@H]2[C@@H]3CCC4N(C)C(=O)C=C[C@]4(C)[C@@H]3CC[C@]12C)c1c[nH]cn1. The van der Waals surface area contributed by atoms with Gasteiger partial charge in [0.15, 0.2) is 0 Å². The molecule has 0 bridgehead atoms. The summed E-state index contributed by atoms with van der Waals surface area (Å²) in [6, 6.07) is 0.235. The second kappa shape index (κ2) is 7.21. The second-order valence-corrected chi connectivity index (χ2v) is 11.0. The maximum absolute atomic E-state index is 13.3. The number of hydrogen-bond acceptors (Lipinski definition) is 3. The Hall–Kier alpha value is -2.11. The highest BCUT2D eigenvalue weighted by molar-refractivity contribution is 5.89. The van der Waals surface area contributed by atoms with E-state index < -0.39 is 0 Å². The minimum absolute atomic E-state index is 0.0573. The lowest BCUT2D eigenvalue weighted by Gasteiger charge is -2.60. The molecule has 31 heavy (non-hydrogen) atoms. The average molecular weight is 425 g/mol. The monoisotopic (exact) mass is 424 g/mol. The first-order valence-electron chi connectivity index (χ1n) is 12.0. The number of carbonyl (C=O) groups excluding carboxylic acids is 2. The number of fused-ring (bicyclic) bond motifs is 5. The minimum atomic E-state index is -0.0764. The molecule has 168 valence electrons. The van der Waals surface area contributed by atoms with Gasteiger partial charge in [0.2, 0.25) is 11.8 Å². The second-order valence-electron chi connectivity index (χ2n) is 11.0. The van der Waals surface area contributed by atoms with E-state index in [1.807, 2.05) is 25.1 Å². The molecule has 1 aromatic heterocycles. The maximum Gasteiger partial charge on any atom is 0.246 e. The third kappa shape index (κ3) is 3.00. The molecule has 3 fully saturated rings. The number of hydrogen-bond donors (Lipinski definition) is 2. The zero-order chi connectivity index (χ0) is 22.0. The summed E-state index contributed by atoms with van der Waals surface area (Å²) in [4.78, 5) is 34.9. The number of nitrogens with zero attached hydrogens (tertiary/aromatic N) is 2. The lowest BCUT2D eigenvalue weighted by Crippen LogP contribution is -2.59. The van der Waals surface area contributed by atoms with Crippen LogP contribution in [-0.2, 0) is 9.59 Å². The Morgan fingerprint density at radius 1 is 1.23 bits per heavy atom. The first-order chi connectivity index (χ1) is 14.8. The number of carbonyl (C=O) groups is 2. The molecule has 0 aromatic carbocycles. The van der Waals surface area contributed by atoms with Crippen molar-refractivity contribution in [2.24, 2.45) is 34.5 Å². The quantitative estimate of drug-likeness (QED) is 0.774. The highest BCUT2D eigenvalue weighted by atomic mass is 16.2. The molecule has 1 aliphatic heterocycles. The lowest BCUT2D eigenvalue weighted by molar-refractivity contribution is -0.142. The highest BCUT2D eigenvalue weighted by Crippen LogP contribution is 2.65. The van der Waals surface area contributed by atoms with E-state index in [9.17, 15) is 9.59 Å². The van der Waals surface area contributed by atoms with E-state index in [4.69, 9.17) is 0 Å². The van der Waals surface area contributed by atoms with E-state index in [1.165, 1.54) is 6.42 Å². The fourth-order valence-corrected chi connectivity index (χ4v) is 8.07. The molecule has 3 aliphatic carbocycles. The molecular formula is C25H36N4O2. The van der Waals surface area contributed by atoms with E-state index in [2.05, 4.69) is 35.2 Å². The summed E-state index contributed by atoms with van der Waals surface area (Å²) in [5.41, 5.74) is 1.01. The van der Waals surface area contributed by atoms with Crippen molar-refractivity contribution in [3.05, 3.63) is 30.4 Å². The van der Waals surface area contributed by atoms with E-state index >= 15 is 0 Å². The summed E-state index contributed by atoms with van der Waals surface area (Å²) >= 11 is 0. The largest absolute Gasteiger partial charge is 0.351 e. The summed E-state index contributed by atoms with van der Waals surface area (Å²) in [6.07, 6.45) is 14.2. The summed E-state index contributed by atoms with van der Waals surface area (Å²) in [6.45, 7) is 6.77. The van der Waals surface area contributed by atoms with Gasteiger partial charge in [-0.2, -0.15) is 0 Å². The molecule has 0 spiro atoms. The Labute approximate surface area is 185 Å². The number of aromatic amines is 1. The molecule has 2 N–H and O–H groups in total. The number of imidazole rings is 1. The maximum atomic E-state index is 13.3. The molecule has 3 unspecified atom stereocenters. The number of H-pyrrole nitrogens is 1. The van der Waals surface area contributed by atoms with E-state index in [1.54, 1.807) is 12.4 Å². The van der Waals surface area contributed by atoms with Gasteiger partial charge < -0.3 is 15.2 Å². The summed E-state index contributed by atoms with van der Waals surface area (Å²) in [5, 5.41) is 3.24. The molecule has 4 aliphatic rings.